The van der Waals surface area contributed by atoms with Gasteiger partial charge in [-0.3, -0.25) is 4.79 Å². The summed E-state index contributed by atoms with van der Waals surface area (Å²) in [6.07, 6.45) is 0. The largest absolute Gasteiger partial charge is 1.00 e. The van der Waals surface area contributed by atoms with Gasteiger partial charge in [-0.05, 0) is 40.0 Å². The van der Waals surface area contributed by atoms with Crippen LogP contribution < -0.4 is 29.6 Å². The third-order valence-corrected chi connectivity index (χ3v) is 6.24. The monoisotopic (exact) mass is 360 g/mol. The molecule has 1 unspecified atom stereocenters. The predicted octanol–water partition coefficient (Wildman–Crippen LogP) is 1.94. The van der Waals surface area contributed by atoms with Gasteiger partial charge in [0.25, 0.3) is 0 Å². The van der Waals surface area contributed by atoms with Crippen molar-refractivity contribution in [2.75, 3.05) is 0 Å². The van der Waals surface area contributed by atoms with Crippen LogP contribution in [0.2, 0.25) is 0 Å². The zero-order valence-corrected chi connectivity index (χ0v) is 18.4. The van der Waals surface area contributed by atoms with Crippen molar-refractivity contribution in [2.45, 2.75) is 45.4 Å². The Bertz CT molecular complexity index is 887. The SMILES string of the molecule is CC1C(C)(C)c2ccc(C(=O)c3ccccc3C(=O)O)cc2C1(C)C.[H-].[Na+]. The Morgan fingerprint density at radius 2 is 1.46 bits per heavy atom. The van der Waals surface area contributed by atoms with Gasteiger partial charge in [-0.1, -0.05) is 65.0 Å². The standard InChI is InChI=1S/C22H24O3.Na.H/c1-13-21(2,3)17-11-10-14(12-18(17)22(13,4)5)19(23)15-8-6-7-9-16(15)20(24)25;;/h6-13H,1-5H3,(H,24,25);;/q;+1;-1. The molecule has 0 saturated carbocycles. The molecule has 1 N–H and O–H groups in total. The number of ketones is 1. The summed E-state index contributed by atoms with van der Waals surface area (Å²) in [7, 11) is 0. The van der Waals surface area contributed by atoms with Crippen LogP contribution >= 0.6 is 0 Å². The van der Waals surface area contributed by atoms with Crippen LogP contribution in [0.3, 0.4) is 0 Å². The van der Waals surface area contributed by atoms with E-state index >= 15 is 0 Å². The minimum Gasteiger partial charge on any atom is -1.00 e. The number of aromatic carboxylic acids is 1. The number of rotatable bonds is 3. The van der Waals surface area contributed by atoms with Gasteiger partial charge in [0.15, 0.2) is 5.78 Å². The van der Waals surface area contributed by atoms with Gasteiger partial charge in [-0.2, -0.15) is 0 Å². The van der Waals surface area contributed by atoms with Crippen molar-refractivity contribution in [3.63, 3.8) is 0 Å². The molecule has 2 aromatic carbocycles. The van der Waals surface area contributed by atoms with Crippen LogP contribution in [0.15, 0.2) is 42.5 Å². The number of hydrogen-bond donors (Lipinski definition) is 1. The van der Waals surface area contributed by atoms with Gasteiger partial charge in [0.2, 0.25) is 0 Å². The van der Waals surface area contributed by atoms with Crippen LogP contribution in [0.25, 0.3) is 0 Å². The maximum atomic E-state index is 13.0. The van der Waals surface area contributed by atoms with Crippen LogP contribution in [-0.2, 0) is 10.8 Å². The molecule has 26 heavy (non-hydrogen) atoms. The molecule has 2 aromatic rings. The molecule has 1 aliphatic carbocycles. The average Bonchev–Trinajstić information content (AvgIpc) is 2.72. The first-order valence-corrected chi connectivity index (χ1v) is 8.60. The van der Waals surface area contributed by atoms with Crippen LogP contribution in [0.1, 0.15) is 73.5 Å². The molecule has 0 radical (unpaired) electrons. The Labute approximate surface area is 178 Å². The van der Waals surface area contributed by atoms with Crippen LogP contribution in [0.5, 0.6) is 0 Å². The Balaban J connectivity index is 0.00000182. The molecule has 1 atom stereocenters. The fourth-order valence-corrected chi connectivity index (χ4v) is 4.17. The summed E-state index contributed by atoms with van der Waals surface area (Å²) in [6.45, 7) is 11.2. The average molecular weight is 360 g/mol. The Morgan fingerprint density at radius 3 is 2.04 bits per heavy atom. The van der Waals surface area contributed by atoms with Crippen LogP contribution in [0, 0.1) is 5.92 Å². The minimum absolute atomic E-state index is 0. The molecule has 0 saturated heterocycles. The summed E-state index contributed by atoms with van der Waals surface area (Å²) in [4.78, 5) is 24.4. The third kappa shape index (κ3) is 3.06. The van der Waals surface area contributed by atoms with Crippen molar-refractivity contribution in [3.8, 4) is 0 Å². The maximum Gasteiger partial charge on any atom is 1.00 e. The van der Waals surface area contributed by atoms with E-state index in [1.54, 1.807) is 18.2 Å². The molecule has 132 valence electrons. The van der Waals surface area contributed by atoms with Gasteiger partial charge in [0, 0.05) is 11.1 Å². The number of carbonyl (C=O) groups excluding carboxylic acids is 1. The third-order valence-electron chi connectivity index (χ3n) is 6.24. The first-order valence-electron chi connectivity index (χ1n) is 8.60. The first-order chi connectivity index (χ1) is 11.6. The smallest absolute Gasteiger partial charge is 1.00 e. The van der Waals surface area contributed by atoms with E-state index in [-0.39, 0.29) is 58.7 Å². The van der Waals surface area contributed by atoms with E-state index in [2.05, 4.69) is 34.6 Å². The molecule has 0 amide bonds. The quantitative estimate of drug-likeness (QED) is 0.672. The Kier molecular flexibility index (Phi) is 5.59. The predicted molar refractivity (Wildman–Crippen MR) is 99.6 cm³/mol. The van der Waals surface area contributed by atoms with Crippen LogP contribution in [0.4, 0.5) is 0 Å². The molecule has 0 aliphatic heterocycles. The molecule has 0 bridgehead atoms. The fourth-order valence-electron chi connectivity index (χ4n) is 4.17. The number of carboxylic acids is 1. The van der Waals surface area contributed by atoms with Gasteiger partial charge in [-0.15, -0.1) is 0 Å². The fraction of sp³-hybridized carbons (Fsp3) is 0.364. The molecule has 3 nitrogen and oxygen atoms in total. The number of hydrogen-bond acceptors (Lipinski definition) is 2. The van der Waals surface area contributed by atoms with E-state index in [4.69, 9.17) is 0 Å². The molecule has 0 fully saturated rings. The second kappa shape index (κ2) is 6.95. The summed E-state index contributed by atoms with van der Waals surface area (Å²) < 4.78 is 0. The van der Waals surface area contributed by atoms with Crippen molar-refractivity contribution in [1.82, 2.24) is 0 Å². The second-order valence-corrected chi connectivity index (χ2v) is 8.11. The zero-order valence-electron chi connectivity index (χ0n) is 17.4. The number of fused-ring (bicyclic) bond motifs is 1. The molecule has 0 heterocycles. The second-order valence-electron chi connectivity index (χ2n) is 8.11. The van der Waals surface area contributed by atoms with E-state index in [1.807, 2.05) is 18.2 Å². The zero-order chi connectivity index (χ0) is 18.6. The molecular weight excluding hydrogens is 335 g/mol. The molecule has 3 rings (SSSR count). The van der Waals surface area contributed by atoms with E-state index in [0.29, 0.717) is 11.5 Å². The number of carboxylic acid groups (broad SMARTS) is 1. The van der Waals surface area contributed by atoms with Gasteiger partial charge in [0.1, 0.15) is 0 Å². The van der Waals surface area contributed by atoms with E-state index in [9.17, 15) is 14.7 Å². The summed E-state index contributed by atoms with van der Waals surface area (Å²) in [5, 5.41) is 9.35. The van der Waals surface area contributed by atoms with Gasteiger partial charge >= 0.3 is 35.5 Å². The van der Waals surface area contributed by atoms with Crippen molar-refractivity contribution >= 4 is 11.8 Å². The number of benzene rings is 2. The van der Waals surface area contributed by atoms with Crippen LogP contribution in [-0.4, -0.2) is 16.9 Å². The molecule has 0 spiro atoms. The van der Waals surface area contributed by atoms with Crippen molar-refractivity contribution in [3.05, 3.63) is 70.3 Å². The molecular formula is C22H25NaO3. The van der Waals surface area contributed by atoms with E-state index < -0.39 is 5.97 Å². The van der Waals surface area contributed by atoms with E-state index in [0.717, 1.165) is 0 Å². The maximum absolute atomic E-state index is 13.0. The summed E-state index contributed by atoms with van der Waals surface area (Å²) >= 11 is 0. The first kappa shape index (κ1) is 20.9. The minimum atomic E-state index is -1.08. The van der Waals surface area contributed by atoms with Gasteiger partial charge in [0.05, 0.1) is 5.56 Å². The normalized spacial score (nSPS) is 19.3. The van der Waals surface area contributed by atoms with E-state index in [1.165, 1.54) is 17.2 Å². The molecule has 1 aliphatic rings. The molecule has 4 heteroatoms. The van der Waals surface area contributed by atoms with Gasteiger partial charge in [-0.25, -0.2) is 4.79 Å². The Morgan fingerprint density at radius 1 is 0.923 bits per heavy atom. The summed E-state index contributed by atoms with van der Waals surface area (Å²) in [6, 6.07) is 12.2. The number of carbonyl (C=O) groups is 2. The summed E-state index contributed by atoms with van der Waals surface area (Å²) in [5.74, 6) is -0.888. The van der Waals surface area contributed by atoms with Crippen molar-refractivity contribution in [1.29, 1.82) is 0 Å². The van der Waals surface area contributed by atoms with Crippen molar-refractivity contribution < 1.29 is 45.7 Å². The Hall–Kier alpha value is -1.42. The van der Waals surface area contributed by atoms with Crippen molar-refractivity contribution in [2.24, 2.45) is 5.92 Å². The van der Waals surface area contributed by atoms with Gasteiger partial charge < -0.3 is 6.53 Å². The topological polar surface area (TPSA) is 54.4 Å². The molecule has 0 aromatic heterocycles. The summed E-state index contributed by atoms with van der Waals surface area (Å²) in [5.41, 5.74) is 3.28.